The molecule has 3 unspecified atom stereocenters. The summed E-state index contributed by atoms with van der Waals surface area (Å²) in [4.78, 5) is 68.7. The van der Waals surface area contributed by atoms with Gasteiger partial charge in [0.25, 0.3) is 0 Å². The minimum atomic E-state index is -2.69. The monoisotopic (exact) mass is 558 g/mol. The van der Waals surface area contributed by atoms with Crippen LogP contribution in [0, 0.1) is 41.4 Å². The highest BCUT2D eigenvalue weighted by atomic mass is 16.3. The Hall–Kier alpha value is -3.45. The molecule has 2 fully saturated rings. The van der Waals surface area contributed by atoms with Crippen molar-refractivity contribution >= 4 is 28.9 Å². The number of hydrogen-bond donors (Lipinski definition) is 2. The van der Waals surface area contributed by atoms with Gasteiger partial charge in [-0.2, -0.15) is 0 Å². The quantitative estimate of drug-likeness (QED) is 0.524. The predicted octanol–water partition coefficient (Wildman–Crippen LogP) is 4.63. The number of carbonyl (C=O) groups is 5. The number of phenolic OH excluding ortho intramolecular Hbond substituents is 1. The lowest BCUT2D eigenvalue weighted by atomic mass is 9.40. The van der Waals surface area contributed by atoms with Crippen molar-refractivity contribution in [3.05, 3.63) is 52.6 Å². The molecule has 0 aromatic heterocycles. The molecule has 0 bridgehead atoms. The number of fused-ring (bicyclic) bond motifs is 3. The van der Waals surface area contributed by atoms with E-state index in [9.17, 15) is 34.2 Å². The van der Waals surface area contributed by atoms with Gasteiger partial charge in [0.2, 0.25) is 0 Å². The molecular formula is C34H38O7. The smallest absolute Gasteiger partial charge is 0.190 e. The van der Waals surface area contributed by atoms with E-state index in [2.05, 4.69) is 0 Å². The zero-order chi connectivity index (χ0) is 30.4. The summed E-state index contributed by atoms with van der Waals surface area (Å²) in [5.74, 6) is -8.84. The molecule has 2 N–H and O–H groups in total. The number of rotatable bonds is 4. The van der Waals surface area contributed by atoms with Crippen LogP contribution in [0.25, 0.3) is 11.1 Å². The molecular weight excluding hydrogens is 520 g/mol. The highest BCUT2D eigenvalue weighted by Crippen LogP contribution is 2.64. The van der Waals surface area contributed by atoms with Crippen molar-refractivity contribution < 1.29 is 34.2 Å². The largest absolute Gasteiger partial charge is 0.507 e. The lowest BCUT2D eigenvalue weighted by Gasteiger charge is -2.61. The molecule has 0 spiro atoms. The molecule has 0 saturated heterocycles. The van der Waals surface area contributed by atoms with Gasteiger partial charge in [-0.05, 0) is 72.8 Å². The molecule has 7 heteroatoms. The Balaban J connectivity index is 1.76. The minimum absolute atomic E-state index is 0.0250. The summed E-state index contributed by atoms with van der Waals surface area (Å²) < 4.78 is 0. The number of aryl methyl sites for hydroxylation is 2. The van der Waals surface area contributed by atoms with E-state index in [-0.39, 0.29) is 30.1 Å². The molecule has 3 aliphatic carbocycles. The number of Topliss-reactive ketones (excluding diaryl/α,β-unsaturated/α-hetero) is 5. The van der Waals surface area contributed by atoms with E-state index in [0.717, 1.165) is 35.6 Å². The van der Waals surface area contributed by atoms with E-state index in [1.165, 1.54) is 6.07 Å². The van der Waals surface area contributed by atoms with Crippen molar-refractivity contribution in [1.82, 2.24) is 0 Å². The molecule has 0 radical (unpaired) electrons. The summed E-state index contributed by atoms with van der Waals surface area (Å²) in [6.07, 6.45) is 1.01. The summed E-state index contributed by atoms with van der Waals surface area (Å²) in [6, 6.07) is 9.36. The second-order valence-corrected chi connectivity index (χ2v) is 13.3. The lowest BCUT2D eigenvalue weighted by Crippen LogP contribution is -2.76. The molecule has 0 amide bonds. The van der Waals surface area contributed by atoms with Crippen LogP contribution in [0.3, 0.4) is 0 Å². The number of phenols is 1. The number of carbonyl (C=O) groups excluding carboxylic acids is 5. The first-order chi connectivity index (χ1) is 19.0. The van der Waals surface area contributed by atoms with Crippen LogP contribution in [0.2, 0.25) is 0 Å². The van der Waals surface area contributed by atoms with Gasteiger partial charge in [-0.1, -0.05) is 64.4 Å². The molecule has 6 atom stereocenters. The Morgan fingerprint density at radius 3 is 2.27 bits per heavy atom. The van der Waals surface area contributed by atoms with Crippen LogP contribution < -0.4 is 0 Å². The first kappa shape index (κ1) is 29.1. The second-order valence-electron chi connectivity index (χ2n) is 13.3. The van der Waals surface area contributed by atoms with E-state index >= 15 is 0 Å². The maximum absolute atomic E-state index is 14.4. The number of aromatic hydroxyl groups is 1. The van der Waals surface area contributed by atoms with Gasteiger partial charge in [-0.15, -0.1) is 0 Å². The van der Waals surface area contributed by atoms with Crippen LogP contribution in [0.5, 0.6) is 5.75 Å². The number of ketones is 5. The average Bonchev–Trinajstić information content (AvgIpc) is 2.86. The molecule has 3 aliphatic rings. The topological polar surface area (TPSA) is 126 Å². The standard InChI is InChI=1S/C34H38O7/c1-8-19-10-9-17(4)13-21(19)20-11-12-23(36)25-22(20)14-32(6)15-33(7)26(16(2)3)28(37)24(18(5)35)30(39)34(33,41)31(40)27(32)29(25)38/h9-13,16,24,26-27,36,41H,8,14-15H2,1-7H3/t24?,26?,27?,32-,33-,34+/m1/s1. The summed E-state index contributed by atoms with van der Waals surface area (Å²) >= 11 is 0. The maximum Gasteiger partial charge on any atom is 0.190 e. The maximum atomic E-state index is 14.4. The highest BCUT2D eigenvalue weighted by Gasteiger charge is 2.76. The van der Waals surface area contributed by atoms with Crippen molar-refractivity contribution in [2.45, 2.75) is 73.3 Å². The zero-order valence-electron chi connectivity index (χ0n) is 24.8. The molecule has 2 saturated carbocycles. The molecule has 41 heavy (non-hydrogen) atoms. The SMILES string of the molecule is CCc1ccc(C)cc1-c1ccc(O)c2c1C[C@]1(C)C[C@]3(C)C(C(C)C)C(=O)C(C(C)=O)C(=O)[C@]3(O)C(=O)C1C2=O. The van der Waals surface area contributed by atoms with Crippen molar-refractivity contribution in [3.8, 4) is 16.9 Å². The predicted molar refractivity (Wildman–Crippen MR) is 152 cm³/mol. The Kier molecular flexibility index (Phi) is 6.58. The minimum Gasteiger partial charge on any atom is -0.507 e. The molecule has 216 valence electrons. The average molecular weight is 559 g/mol. The second kappa shape index (κ2) is 9.28. The third-order valence-electron chi connectivity index (χ3n) is 10.2. The van der Waals surface area contributed by atoms with Gasteiger partial charge >= 0.3 is 0 Å². The first-order valence-corrected chi connectivity index (χ1v) is 14.4. The number of benzene rings is 2. The molecule has 5 rings (SSSR count). The van der Waals surface area contributed by atoms with Crippen molar-refractivity contribution in [1.29, 1.82) is 0 Å². The van der Waals surface area contributed by atoms with Crippen LogP contribution in [-0.2, 0) is 32.0 Å². The van der Waals surface area contributed by atoms with E-state index in [0.29, 0.717) is 5.56 Å². The summed E-state index contributed by atoms with van der Waals surface area (Å²) in [6.45, 7) is 12.1. The van der Waals surface area contributed by atoms with Gasteiger partial charge in [-0.25, -0.2) is 0 Å². The van der Waals surface area contributed by atoms with E-state index in [1.807, 2.05) is 32.0 Å². The fraction of sp³-hybridized carbons (Fsp3) is 0.500. The summed E-state index contributed by atoms with van der Waals surface area (Å²) in [7, 11) is 0. The molecule has 0 aliphatic heterocycles. The molecule has 0 heterocycles. The molecule has 2 aromatic rings. The van der Waals surface area contributed by atoms with Gasteiger partial charge in [0.15, 0.2) is 28.7 Å². The fourth-order valence-electron chi connectivity index (χ4n) is 8.64. The van der Waals surface area contributed by atoms with Gasteiger partial charge in [-0.3, -0.25) is 24.0 Å². The summed E-state index contributed by atoms with van der Waals surface area (Å²) in [5.41, 5.74) is -0.800. The van der Waals surface area contributed by atoms with Gasteiger partial charge in [0, 0.05) is 11.3 Å². The van der Waals surface area contributed by atoms with E-state index in [1.54, 1.807) is 33.8 Å². The van der Waals surface area contributed by atoms with Crippen LogP contribution in [0.4, 0.5) is 0 Å². The first-order valence-electron chi connectivity index (χ1n) is 14.4. The molecule has 7 nitrogen and oxygen atoms in total. The zero-order valence-corrected chi connectivity index (χ0v) is 24.8. The van der Waals surface area contributed by atoms with Crippen LogP contribution in [0.15, 0.2) is 30.3 Å². The third kappa shape index (κ3) is 3.70. The third-order valence-corrected chi connectivity index (χ3v) is 10.2. The normalized spacial score (nSPS) is 33.0. The Morgan fingerprint density at radius 2 is 1.68 bits per heavy atom. The van der Waals surface area contributed by atoms with E-state index < -0.39 is 63.1 Å². The van der Waals surface area contributed by atoms with Crippen LogP contribution >= 0.6 is 0 Å². The van der Waals surface area contributed by atoms with Crippen molar-refractivity contribution in [3.63, 3.8) is 0 Å². The van der Waals surface area contributed by atoms with Crippen LogP contribution in [0.1, 0.15) is 75.0 Å². The molecule has 2 aromatic carbocycles. The van der Waals surface area contributed by atoms with Gasteiger partial charge in [0.05, 0.1) is 11.5 Å². The summed E-state index contributed by atoms with van der Waals surface area (Å²) in [5, 5.41) is 23.1. The Labute approximate surface area is 240 Å². The Bertz CT molecular complexity index is 1550. The highest BCUT2D eigenvalue weighted by molar-refractivity contribution is 6.32. The lowest BCUT2D eigenvalue weighted by molar-refractivity contribution is -0.205. The van der Waals surface area contributed by atoms with Gasteiger partial charge < -0.3 is 10.2 Å². The van der Waals surface area contributed by atoms with Crippen LogP contribution in [-0.4, -0.2) is 44.7 Å². The van der Waals surface area contributed by atoms with Gasteiger partial charge in [0.1, 0.15) is 17.5 Å². The van der Waals surface area contributed by atoms with Crippen molar-refractivity contribution in [2.24, 2.45) is 34.5 Å². The number of aliphatic hydroxyl groups is 1. The van der Waals surface area contributed by atoms with E-state index in [4.69, 9.17) is 0 Å². The number of hydrogen-bond acceptors (Lipinski definition) is 7. The fourth-order valence-corrected chi connectivity index (χ4v) is 8.64. The van der Waals surface area contributed by atoms with Crippen molar-refractivity contribution in [2.75, 3.05) is 0 Å². The Morgan fingerprint density at radius 1 is 1.02 bits per heavy atom.